The molecule has 2 aromatic carbocycles. The summed E-state index contributed by atoms with van der Waals surface area (Å²) in [5.41, 5.74) is 0.916. The van der Waals surface area contributed by atoms with E-state index < -0.39 is 24.0 Å². The van der Waals surface area contributed by atoms with Gasteiger partial charge in [-0.3, -0.25) is 0 Å². The van der Waals surface area contributed by atoms with Gasteiger partial charge in [-0.2, -0.15) is 8.78 Å². The van der Waals surface area contributed by atoms with Gasteiger partial charge in [-0.1, -0.05) is 0 Å². The molecule has 0 fully saturated rings. The van der Waals surface area contributed by atoms with E-state index in [-0.39, 0.29) is 18.9 Å². The number of nitrogens with one attached hydrogen (secondary N) is 1. The second-order valence-corrected chi connectivity index (χ2v) is 8.06. The van der Waals surface area contributed by atoms with Crippen LogP contribution < -0.4 is 14.8 Å². The number of benzene rings is 2. The highest BCUT2D eigenvalue weighted by molar-refractivity contribution is 5.77. The number of oxazole rings is 1. The summed E-state index contributed by atoms with van der Waals surface area (Å²) in [4.78, 5) is 15.6. The van der Waals surface area contributed by atoms with E-state index in [4.69, 9.17) is 18.6 Å². The maximum atomic E-state index is 13.3. The quantitative estimate of drug-likeness (QED) is 0.424. The minimum absolute atomic E-state index is 0.231. The number of carbonyl (C=O) groups excluding carboxylic acids is 1. The van der Waals surface area contributed by atoms with Gasteiger partial charge in [-0.15, -0.1) is 0 Å². The van der Waals surface area contributed by atoms with Crippen molar-refractivity contribution in [2.45, 2.75) is 32.8 Å². The van der Waals surface area contributed by atoms with Crippen LogP contribution >= 0.6 is 0 Å². The minimum atomic E-state index is -2.84. The molecule has 3 aromatic rings. The fourth-order valence-electron chi connectivity index (χ4n) is 2.91. The molecule has 7 nitrogen and oxygen atoms in total. The van der Waals surface area contributed by atoms with Crippen LogP contribution in [0.2, 0.25) is 0 Å². The Morgan fingerprint density at radius 2 is 1.64 bits per heavy atom. The molecule has 0 aliphatic rings. The van der Waals surface area contributed by atoms with Crippen molar-refractivity contribution in [1.82, 2.24) is 10.3 Å². The number of aromatic nitrogens is 1. The van der Waals surface area contributed by atoms with Crippen molar-refractivity contribution < 1.29 is 32.2 Å². The van der Waals surface area contributed by atoms with E-state index in [1.807, 2.05) is 0 Å². The van der Waals surface area contributed by atoms with Gasteiger partial charge in [0, 0.05) is 11.1 Å². The van der Waals surface area contributed by atoms with Crippen LogP contribution in [0.5, 0.6) is 11.5 Å². The molecular weight excluding hydrogens is 434 g/mol. The molecule has 0 aliphatic heterocycles. The summed E-state index contributed by atoms with van der Waals surface area (Å²) in [5, 5.41) is 2.61. The van der Waals surface area contributed by atoms with Crippen molar-refractivity contribution in [2.24, 2.45) is 0 Å². The summed E-state index contributed by atoms with van der Waals surface area (Å²) in [5.74, 6) is 0.775. The van der Waals surface area contributed by atoms with E-state index in [1.165, 1.54) is 0 Å². The molecule has 176 valence electrons. The Balaban J connectivity index is 1.69. The fourth-order valence-corrected chi connectivity index (χ4v) is 2.91. The summed E-state index contributed by atoms with van der Waals surface area (Å²) in [6.45, 7) is 5.84. The molecule has 0 spiro atoms. The number of amides is 1. The highest BCUT2D eigenvalue weighted by Gasteiger charge is 2.22. The molecular formula is C24H26F2N2O5. The first-order valence-corrected chi connectivity index (χ1v) is 10.3. The van der Waals surface area contributed by atoms with Crippen molar-refractivity contribution in [1.29, 1.82) is 0 Å². The van der Waals surface area contributed by atoms with Gasteiger partial charge in [0.2, 0.25) is 0 Å². The van der Waals surface area contributed by atoms with Crippen LogP contribution in [0, 0.1) is 0 Å². The Morgan fingerprint density at radius 1 is 1.03 bits per heavy atom. The third-order valence-electron chi connectivity index (χ3n) is 4.35. The lowest BCUT2D eigenvalue weighted by Crippen LogP contribution is -2.34. The van der Waals surface area contributed by atoms with Crippen LogP contribution in [0.4, 0.5) is 13.6 Å². The highest BCUT2D eigenvalue weighted by Crippen LogP contribution is 2.36. The second kappa shape index (κ2) is 10.3. The maximum Gasteiger partial charge on any atom is 0.407 e. The van der Waals surface area contributed by atoms with E-state index in [0.717, 1.165) is 0 Å². The topological polar surface area (TPSA) is 82.8 Å². The Bertz CT molecular complexity index is 1060. The molecule has 0 unspecified atom stereocenters. The molecule has 0 radical (unpaired) electrons. The van der Waals surface area contributed by atoms with Crippen LogP contribution in [0.15, 0.2) is 52.9 Å². The van der Waals surface area contributed by atoms with Gasteiger partial charge in [0.05, 0.1) is 13.7 Å². The van der Waals surface area contributed by atoms with Crippen LogP contribution in [0.1, 0.15) is 33.1 Å². The summed E-state index contributed by atoms with van der Waals surface area (Å²) in [6, 6.07) is 13.7. The molecule has 0 saturated carbocycles. The second-order valence-electron chi connectivity index (χ2n) is 8.06. The number of nitrogens with zero attached hydrogens (tertiary/aromatic N) is 1. The third kappa shape index (κ3) is 6.68. The zero-order valence-corrected chi connectivity index (χ0v) is 18.9. The van der Waals surface area contributed by atoms with Gasteiger partial charge in [-0.25, -0.2) is 9.78 Å². The average Bonchev–Trinajstić information content (AvgIpc) is 3.22. The van der Waals surface area contributed by atoms with E-state index in [9.17, 15) is 13.6 Å². The molecule has 0 aliphatic carbocycles. The van der Waals surface area contributed by atoms with Crippen LogP contribution in [0.3, 0.4) is 0 Å². The van der Waals surface area contributed by atoms with Crippen molar-refractivity contribution >= 4 is 6.09 Å². The number of hydrogen-bond donors (Lipinski definition) is 1. The van der Waals surface area contributed by atoms with E-state index in [1.54, 1.807) is 76.4 Å². The lowest BCUT2D eigenvalue weighted by Gasteiger charge is -2.19. The monoisotopic (exact) mass is 460 g/mol. The molecule has 0 bridgehead atoms. The Kier molecular flexibility index (Phi) is 7.52. The van der Waals surface area contributed by atoms with Gasteiger partial charge in [-0.05, 0) is 69.3 Å². The number of halogens is 2. The minimum Gasteiger partial charge on any atom is -0.497 e. The van der Waals surface area contributed by atoms with Crippen LogP contribution in [-0.2, 0) is 4.74 Å². The van der Waals surface area contributed by atoms with Gasteiger partial charge in [0.1, 0.15) is 29.4 Å². The summed E-state index contributed by atoms with van der Waals surface area (Å²) >= 11 is 0. The molecule has 9 heteroatoms. The average molecular weight is 460 g/mol. The Morgan fingerprint density at radius 3 is 2.21 bits per heavy atom. The number of hydrogen-bond acceptors (Lipinski definition) is 6. The first-order chi connectivity index (χ1) is 15.7. The highest BCUT2D eigenvalue weighted by atomic mass is 19.3. The molecule has 0 saturated heterocycles. The van der Waals surface area contributed by atoms with Crippen LogP contribution in [0.25, 0.3) is 22.6 Å². The molecule has 1 N–H and O–H groups in total. The molecule has 1 aromatic heterocycles. The lowest BCUT2D eigenvalue weighted by atomic mass is 10.1. The Labute approximate surface area is 190 Å². The van der Waals surface area contributed by atoms with Gasteiger partial charge >= 0.3 is 12.5 Å². The number of alkyl halides is 2. The lowest BCUT2D eigenvalue weighted by molar-refractivity contribution is 0.0520. The normalized spacial score (nSPS) is 11.4. The van der Waals surface area contributed by atoms with Crippen molar-refractivity contribution in [3.8, 4) is 34.1 Å². The number of carbonyl (C=O) groups is 1. The smallest absolute Gasteiger partial charge is 0.407 e. The first kappa shape index (κ1) is 24.0. The zero-order valence-electron chi connectivity index (χ0n) is 18.9. The van der Waals surface area contributed by atoms with E-state index >= 15 is 0 Å². The summed E-state index contributed by atoms with van der Waals surface area (Å²) in [6.07, 6.45) is -3.36. The SMILES string of the molecule is COc1ccc(-c2oc(C(F)F)nc2-c2ccc(OCCNC(=O)OC(C)(C)C)cc2)cc1. The zero-order chi connectivity index (χ0) is 24.0. The van der Waals surface area contributed by atoms with Gasteiger partial charge < -0.3 is 23.9 Å². The Hall–Kier alpha value is -3.62. The third-order valence-corrected chi connectivity index (χ3v) is 4.35. The predicted octanol–water partition coefficient (Wildman–Crippen LogP) is 5.86. The number of alkyl carbamates (subject to hydrolysis) is 1. The first-order valence-electron chi connectivity index (χ1n) is 10.3. The van der Waals surface area contributed by atoms with Crippen molar-refractivity contribution in [3.05, 3.63) is 54.4 Å². The maximum absolute atomic E-state index is 13.3. The standard InChI is InChI=1S/C24H26F2N2O5/c1-24(2,3)33-23(29)27-13-14-31-18-11-5-15(6-12-18)19-20(32-22(28-19)21(25)26)16-7-9-17(30-4)10-8-16/h5-12,21H,13-14H2,1-4H3,(H,27,29). The summed E-state index contributed by atoms with van der Waals surface area (Å²) in [7, 11) is 1.54. The van der Waals surface area contributed by atoms with E-state index in [2.05, 4.69) is 10.3 Å². The van der Waals surface area contributed by atoms with E-state index in [0.29, 0.717) is 28.3 Å². The number of rotatable bonds is 8. The molecule has 1 heterocycles. The number of ether oxygens (including phenoxy) is 3. The van der Waals surface area contributed by atoms with Crippen LogP contribution in [-0.4, -0.2) is 36.9 Å². The molecule has 3 rings (SSSR count). The predicted molar refractivity (Wildman–Crippen MR) is 119 cm³/mol. The molecule has 1 amide bonds. The van der Waals surface area contributed by atoms with Gasteiger partial charge in [0.25, 0.3) is 5.89 Å². The molecule has 33 heavy (non-hydrogen) atoms. The largest absolute Gasteiger partial charge is 0.497 e. The summed E-state index contributed by atoms with van der Waals surface area (Å²) < 4.78 is 47.8. The number of methoxy groups -OCH3 is 1. The van der Waals surface area contributed by atoms with Crippen molar-refractivity contribution in [3.63, 3.8) is 0 Å². The van der Waals surface area contributed by atoms with Crippen molar-refractivity contribution in [2.75, 3.05) is 20.3 Å². The molecule has 0 atom stereocenters. The fraction of sp³-hybridized carbons (Fsp3) is 0.333. The van der Waals surface area contributed by atoms with Gasteiger partial charge in [0.15, 0.2) is 5.76 Å².